The molecule has 1 aromatic carbocycles. The fraction of sp³-hybridized carbons (Fsp3) is 0.200. The predicted molar refractivity (Wildman–Crippen MR) is 85.3 cm³/mol. The summed E-state index contributed by atoms with van der Waals surface area (Å²) in [6.07, 6.45) is 1.52. The molecular formula is C15H16ClFN4O. The van der Waals surface area contributed by atoms with Gasteiger partial charge in [-0.25, -0.2) is 9.37 Å². The number of nitrogens with two attached hydrogens (primary N) is 1. The van der Waals surface area contributed by atoms with E-state index in [0.717, 1.165) is 0 Å². The van der Waals surface area contributed by atoms with Gasteiger partial charge in [0.25, 0.3) is 5.91 Å². The number of nitrogens with one attached hydrogen (secondary N) is 2. The first-order valence-electron chi connectivity index (χ1n) is 6.66. The molecule has 0 radical (unpaired) electrons. The minimum Gasteiger partial charge on any atom is -0.382 e. The minimum atomic E-state index is -0.583. The Morgan fingerprint density at radius 1 is 1.32 bits per heavy atom. The Balaban J connectivity index is 2.29. The molecule has 0 atom stereocenters. The summed E-state index contributed by atoms with van der Waals surface area (Å²) in [6, 6.07) is 5.89. The Hall–Kier alpha value is -2.18. The van der Waals surface area contributed by atoms with Crippen LogP contribution in [0.25, 0.3) is 11.1 Å². The van der Waals surface area contributed by atoms with Gasteiger partial charge in [-0.05, 0) is 30.8 Å². The first-order chi connectivity index (χ1) is 10.5. The highest BCUT2D eigenvalue weighted by molar-refractivity contribution is 6.33. The van der Waals surface area contributed by atoms with Gasteiger partial charge in [-0.2, -0.15) is 0 Å². The maximum atomic E-state index is 13.9. The average Bonchev–Trinajstić information content (AvgIpc) is 2.50. The molecule has 0 fully saturated rings. The molecule has 0 aliphatic rings. The van der Waals surface area contributed by atoms with Crippen molar-refractivity contribution in [1.82, 2.24) is 15.6 Å². The number of carbonyl (C=O) groups is 1. The summed E-state index contributed by atoms with van der Waals surface area (Å²) in [4.78, 5) is 16.0. The molecule has 5 nitrogen and oxygen atoms in total. The van der Waals surface area contributed by atoms with Crippen molar-refractivity contribution in [3.05, 3.63) is 46.9 Å². The smallest absolute Gasteiger partial charge is 0.254 e. The van der Waals surface area contributed by atoms with Gasteiger partial charge in [0.2, 0.25) is 0 Å². The standard InChI is InChI=1S/C15H16ClFN4O/c1-19-4-5-20-15(22)11-6-9(2-3-13(11)17)10-7-12(16)14(18)21-8-10/h2-3,6-8,19H,4-5H2,1H3,(H2,18,21)(H,20,22). The van der Waals surface area contributed by atoms with Crippen LogP contribution in [0.15, 0.2) is 30.5 Å². The van der Waals surface area contributed by atoms with E-state index in [4.69, 9.17) is 17.3 Å². The third kappa shape index (κ3) is 3.72. The maximum Gasteiger partial charge on any atom is 0.254 e. The molecule has 0 unspecified atom stereocenters. The van der Waals surface area contributed by atoms with Gasteiger partial charge in [0.1, 0.15) is 11.6 Å². The summed E-state index contributed by atoms with van der Waals surface area (Å²) in [5.74, 6) is -0.832. The average molecular weight is 323 g/mol. The van der Waals surface area contributed by atoms with Crippen molar-refractivity contribution in [3.63, 3.8) is 0 Å². The molecule has 2 rings (SSSR count). The maximum absolute atomic E-state index is 13.9. The number of likely N-dealkylation sites (N-methyl/N-ethyl adjacent to an activating group) is 1. The SMILES string of the molecule is CNCCNC(=O)c1cc(-c2cnc(N)c(Cl)c2)ccc1F. The van der Waals surface area contributed by atoms with Crippen molar-refractivity contribution < 1.29 is 9.18 Å². The van der Waals surface area contributed by atoms with Gasteiger partial charge in [0, 0.05) is 24.8 Å². The molecule has 0 saturated carbocycles. The zero-order valence-electron chi connectivity index (χ0n) is 12.0. The van der Waals surface area contributed by atoms with Gasteiger partial charge in [0.05, 0.1) is 10.6 Å². The van der Waals surface area contributed by atoms with E-state index in [-0.39, 0.29) is 11.4 Å². The van der Waals surface area contributed by atoms with Crippen molar-refractivity contribution in [2.45, 2.75) is 0 Å². The normalized spacial score (nSPS) is 10.5. The van der Waals surface area contributed by atoms with Crippen molar-refractivity contribution >= 4 is 23.3 Å². The first kappa shape index (κ1) is 16.2. The van der Waals surface area contributed by atoms with Gasteiger partial charge >= 0.3 is 0 Å². The van der Waals surface area contributed by atoms with E-state index in [1.807, 2.05) is 0 Å². The lowest BCUT2D eigenvalue weighted by atomic mass is 10.0. The number of carbonyl (C=O) groups excluding carboxylic acids is 1. The number of anilines is 1. The van der Waals surface area contributed by atoms with Crippen LogP contribution in [0.1, 0.15) is 10.4 Å². The van der Waals surface area contributed by atoms with E-state index < -0.39 is 11.7 Å². The largest absolute Gasteiger partial charge is 0.382 e. The summed E-state index contributed by atoms with van der Waals surface area (Å²) >= 11 is 5.93. The van der Waals surface area contributed by atoms with Crippen molar-refractivity contribution in [2.75, 3.05) is 25.9 Å². The van der Waals surface area contributed by atoms with Gasteiger partial charge in [-0.3, -0.25) is 4.79 Å². The molecular weight excluding hydrogens is 307 g/mol. The number of benzene rings is 1. The molecule has 0 aliphatic carbocycles. The summed E-state index contributed by atoms with van der Waals surface area (Å²) in [5.41, 5.74) is 6.83. The number of nitrogens with zero attached hydrogens (tertiary/aromatic N) is 1. The molecule has 1 amide bonds. The molecule has 2 aromatic rings. The molecule has 7 heteroatoms. The third-order valence-corrected chi connectivity index (χ3v) is 3.38. The van der Waals surface area contributed by atoms with Crippen LogP contribution >= 0.6 is 11.6 Å². The second kappa shape index (κ2) is 7.20. The van der Waals surface area contributed by atoms with Crippen LogP contribution < -0.4 is 16.4 Å². The highest BCUT2D eigenvalue weighted by Gasteiger charge is 2.13. The number of hydrogen-bond donors (Lipinski definition) is 3. The van der Waals surface area contributed by atoms with Gasteiger partial charge in [0.15, 0.2) is 0 Å². The highest BCUT2D eigenvalue weighted by atomic mass is 35.5. The zero-order valence-corrected chi connectivity index (χ0v) is 12.7. The molecule has 1 aromatic heterocycles. The minimum absolute atomic E-state index is 0.0263. The lowest BCUT2D eigenvalue weighted by molar-refractivity contribution is 0.0950. The molecule has 0 spiro atoms. The first-order valence-corrected chi connectivity index (χ1v) is 7.04. The number of amides is 1. The Kier molecular flexibility index (Phi) is 5.30. The Bertz CT molecular complexity index is 693. The van der Waals surface area contributed by atoms with Gasteiger partial charge in [-0.1, -0.05) is 17.7 Å². The topological polar surface area (TPSA) is 80.0 Å². The zero-order chi connectivity index (χ0) is 16.1. The van der Waals surface area contributed by atoms with Crippen LogP contribution in [-0.2, 0) is 0 Å². The summed E-state index contributed by atoms with van der Waals surface area (Å²) < 4.78 is 13.9. The number of rotatable bonds is 5. The molecule has 0 bridgehead atoms. The Morgan fingerprint density at radius 3 is 2.77 bits per heavy atom. The molecule has 0 aliphatic heterocycles. The van der Waals surface area contributed by atoms with E-state index >= 15 is 0 Å². The number of nitrogen functional groups attached to an aromatic ring is 1. The van der Waals surface area contributed by atoms with Crippen LogP contribution in [0.2, 0.25) is 5.02 Å². The van der Waals surface area contributed by atoms with E-state index in [9.17, 15) is 9.18 Å². The highest BCUT2D eigenvalue weighted by Crippen LogP contribution is 2.26. The van der Waals surface area contributed by atoms with Crippen LogP contribution in [0.3, 0.4) is 0 Å². The molecule has 4 N–H and O–H groups in total. The van der Waals surface area contributed by atoms with Crippen LogP contribution in [-0.4, -0.2) is 31.0 Å². The van der Waals surface area contributed by atoms with Crippen LogP contribution in [0.5, 0.6) is 0 Å². The fourth-order valence-corrected chi connectivity index (χ4v) is 2.05. The van der Waals surface area contributed by atoms with Crippen molar-refractivity contribution in [2.24, 2.45) is 0 Å². The van der Waals surface area contributed by atoms with Crippen LogP contribution in [0, 0.1) is 5.82 Å². The quantitative estimate of drug-likeness (QED) is 0.736. The van der Waals surface area contributed by atoms with Crippen LogP contribution in [0.4, 0.5) is 10.2 Å². The number of hydrogen-bond acceptors (Lipinski definition) is 4. The second-order valence-corrected chi connectivity index (χ2v) is 5.05. The summed E-state index contributed by atoms with van der Waals surface area (Å²) in [7, 11) is 1.77. The summed E-state index contributed by atoms with van der Waals surface area (Å²) in [6.45, 7) is 1.01. The Labute approximate surface area is 132 Å². The third-order valence-electron chi connectivity index (χ3n) is 3.07. The number of pyridine rings is 1. The van der Waals surface area contributed by atoms with Gasteiger partial charge < -0.3 is 16.4 Å². The van der Waals surface area contributed by atoms with Crippen molar-refractivity contribution in [1.29, 1.82) is 0 Å². The van der Waals surface area contributed by atoms with E-state index in [1.165, 1.54) is 18.3 Å². The van der Waals surface area contributed by atoms with Crippen molar-refractivity contribution in [3.8, 4) is 11.1 Å². The number of halogens is 2. The lowest BCUT2D eigenvalue weighted by Gasteiger charge is -2.09. The molecule has 0 saturated heterocycles. The molecule has 1 heterocycles. The molecule has 22 heavy (non-hydrogen) atoms. The Morgan fingerprint density at radius 2 is 2.09 bits per heavy atom. The van der Waals surface area contributed by atoms with E-state index in [1.54, 1.807) is 19.2 Å². The van der Waals surface area contributed by atoms with E-state index in [0.29, 0.717) is 29.2 Å². The monoisotopic (exact) mass is 322 g/mol. The van der Waals surface area contributed by atoms with E-state index in [2.05, 4.69) is 15.6 Å². The summed E-state index contributed by atoms with van der Waals surface area (Å²) in [5, 5.41) is 5.84. The number of aromatic nitrogens is 1. The molecule has 116 valence electrons. The fourth-order valence-electron chi connectivity index (χ4n) is 1.88. The van der Waals surface area contributed by atoms with Gasteiger partial charge in [-0.15, -0.1) is 0 Å². The lowest BCUT2D eigenvalue weighted by Crippen LogP contribution is -2.30. The second-order valence-electron chi connectivity index (χ2n) is 4.65. The predicted octanol–water partition coefficient (Wildman–Crippen LogP) is 2.07.